The van der Waals surface area contributed by atoms with E-state index in [4.69, 9.17) is 4.74 Å². The van der Waals surface area contributed by atoms with Crippen LogP contribution in [0.1, 0.15) is 37.1 Å². The lowest BCUT2D eigenvalue weighted by molar-refractivity contribution is -0.157. The second-order valence-corrected chi connectivity index (χ2v) is 9.39. The zero-order valence-corrected chi connectivity index (χ0v) is 16.5. The van der Waals surface area contributed by atoms with Crippen LogP contribution in [-0.4, -0.2) is 65.1 Å². The number of benzene rings is 1. The largest absolute Gasteiger partial charge is 0.370 e. The van der Waals surface area contributed by atoms with Crippen LogP contribution in [0.4, 0.5) is 0 Å². The van der Waals surface area contributed by atoms with E-state index in [-0.39, 0.29) is 11.5 Å². The van der Waals surface area contributed by atoms with Crippen molar-refractivity contribution in [2.45, 2.75) is 50.2 Å². The van der Waals surface area contributed by atoms with Crippen LogP contribution in [0.3, 0.4) is 0 Å². The van der Waals surface area contributed by atoms with Crippen LogP contribution in [0, 0.1) is 0 Å². The number of thiazole rings is 1. The van der Waals surface area contributed by atoms with E-state index in [1.54, 1.807) is 11.3 Å². The summed E-state index contributed by atoms with van der Waals surface area (Å²) in [4.78, 5) is 21.8. The van der Waals surface area contributed by atoms with Gasteiger partial charge in [0.1, 0.15) is 5.60 Å². The van der Waals surface area contributed by atoms with Gasteiger partial charge in [-0.05, 0) is 44.5 Å². The summed E-state index contributed by atoms with van der Waals surface area (Å²) in [6, 6.07) is 8.73. The number of para-hydroxylation sites is 1. The quantitative estimate of drug-likeness (QED) is 0.811. The third kappa shape index (κ3) is 3.50. The minimum absolute atomic E-state index is 0.0619. The molecular weight excluding hydrogens is 358 g/mol. The first kappa shape index (κ1) is 17.6. The van der Waals surface area contributed by atoms with Gasteiger partial charge in [0.15, 0.2) is 0 Å². The molecule has 3 saturated heterocycles. The first-order valence-electron chi connectivity index (χ1n) is 10.2. The zero-order valence-electron chi connectivity index (χ0n) is 15.7. The maximum absolute atomic E-state index is 12.6. The average molecular weight is 386 g/mol. The Morgan fingerprint density at radius 3 is 2.85 bits per heavy atom. The van der Waals surface area contributed by atoms with E-state index >= 15 is 0 Å². The second kappa shape index (κ2) is 7.15. The summed E-state index contributed by atoms with van der Waals surface area (Å²) in [6.45, 7) is 4.82. The van der Waals surface area contributed by atoms with Gasteiger partial charge in [-0.1, -0.05) is 18.6 Å². The minimum Gasteiger partial charge on any atom is -0.370 e. The molecule has 0 saturated carbocycles. The molecule has 1 aromatic carbocycles. The van der Waals surface area contributed by atoms with Crippen molar-refractivity contribution in [3.63, 3.8) is 0 Å². The predicted octanol–water partition coefficient (Wildman–Crippen LogP) is 3.08. The molecule has 0 N–H and O–H groups in total. The molecule has 5 rings (SSSR count). The van der Waals surface area contributed by atoms with Crippen LogP contribution in [0.15, 0.2) is 24.3 Å². The maximum atomic E-state index is 12.6. The van der Waals surface area contributed by atoms with Gasteiger partial charge in [0.2, 0.25) is 5.91 Å². The van der Waals surface area contributed by atoms with Gasteiger partial charge >= 0.3 is 0 Å². The van der Waals surface area contributed by atoms with Crippen LogP contribution in [-0.2, 0) is 16.0 Å². The molecule has 27 heavy (non-hydrogen) atoms. The molecule has 0 aliphatic carbocycles. The van der Waals surface area contributed by atoms with E-state index in [1.807, 2.05) is 23.1 Å². The van der Waals surface area contributed by atoms with Gasteiger partial charge in [-0.3, -0.25) is 9.69 Å². The van der Waals surface area contributed by atoms with Crippen molar-refractivity contribution in [1.29, 1.82) is 0 Å². The monoisotopic (exact) mass is 385 g/mol. The van der Waals surface area contributed by atoms with Crippen LogP contribution < -0.4 is 0 Å². The van der Waals surface area contributed by atoms with Gasteiger partial charge in [-0.15, -0.1) is 11.3 Å². The molecule has 6 heteroatoms. The van der Waals surface area contributed by atoms with Gasteiger partial charge in [-0.2, -0.15) is 0 Å². The van der Waals surface area contributed by atoms with Crippen molar-refractivity contribution in [3.8, 4) is 0 Å². The number of ether oxygens (including phenoxy) is 1. The Labute approximate surface area is 164 Å². The number of carbonyl (C=O) groups is 1. The Hall–Kier alpha value is -1.50. The van der Waals surface area contributed by atoms with Crippen molar-refractivity contribution in [1.82, 2.24) is 14.8 Å². The van der Waals surface area contributed by atoms with Gasteiger partial charge < -0.3 is 9.64 Å². The number of hydrogen-bond donors (Lipinski definition) is 0. The third-order valence-electron chi connectivity index (χ3n) is 6.30. The molecule has 3 fully saturated rings. The maximum Gasteiger partial charge on any atom is 0.223 e. The van der Waals surface area contributed by atoms with E-state index in [0.29, 0.717) is 12.5 Å². The first-order chi connectivity index (χ1) is 13.2. The number of aromatic nitrogens is 1. The normalized spacial score (nSPS) is 25.2. The summed E-state index contributed by atoms with van der Waals surface area (Å²) in [5, 5.41) is 1.06. The molecule has 0 radical (unpaired) electrons. The predicted molar refractivity (Wildman–Crippen MR) is 107 cm³/mol. The van der Waals surface area contributed by atoms with Crippen molar-refractivity contribution in [3.05, 3.63) is 29.3 Å². The van der Waals surface area contributed by atoms with Crippen molar-refractivity contribution in [2.24, 2.45) is 0 Å². The fourth-order valence-electron chi connectivity index (χ4n) is 4.78. The molecule has 0 bridgehead atoms. The number of amides is 1. The fraction of sp³-hybridized carbons (Fsp3) is 0.619. The van der Waals surface area contributed by atoms with Crippen LogP contribution in [0.2, 0.25) is 0 Å². The summed E-state index contributed by atoms with van der Waals surface area (Å²) >= 11 is 1.70. The molecule has 1 amide bonds. The van der Waals surface area contributed by atoms with Gasteiger partial charge in [0.25, 0.3) is 0 Å². The lowest BCUT2D eigenvalue weighted by atomic mass is 9.88. The van der Waals surface area contributed by atoms with E-state index in [2.05, 4.69) is 16.0 Å². The van der Waals surface area contributed by atoms with Crippen LogP contribution in [0.25, 0.3) is 10.2 Å². The molecule has 1 atom stereocenters. The molecule has 5 nitrogen and oxygen atoms in total. The Balaban J connectivity index is 1.11. The average Bonchev–Trinajstić information content (AvgIpc) is 3.30. The highest BCUT2D eigenvalue weighted by atomic mass is 32.1. The number of nitrogens with zero attached hydrogens (tertiary/aromatic N) is 3. The summed E-state index contributed by atoms with van der Waals surface area (Å²) in [7, 11) is 0. The molecule has 144 valence electrons. The number of likely N-dealkylation sites (tertiary alicyclic amines) is 2. The lowest BCUT2D eigenvalue weighted by Gasteiger charge is -2.47. The molecule has 3 aliphatic heterocycles. The lowest BCUT2D eigenvalue weighted by Crippen LogP contribution is -2.63. The summed E-state index contributed by atoms with van der Waals surface area (Å²) in [5.41, 5.74) is 0.976. The van der Waals surface area contributed by atoms with E-state index in [1.165, 1.54) is 37.1 Å². The zero-order chi connectivity index (χ0) is 18.3. The topological polar surface area (TPSA) is 45.7 Å². The van der Waals surface area contributed by atoms with Crippen molar-refractivity contribution >= 4 is 27.5 Å². The smallest absolute Gasteiger partial charge is 0.223 e. The second-order valence-electron chi connectivity index (χ2n) is 8.27. The highest BCUT2D eigenvalue weighted by molar-refractivity contribution is 7.18. The Morgan fingerprint density at radius 2 is 2.04 bits per heavy atom. The van der Waals surface area contributed by atoms with E-state index in [9.17, 15) is 4.79 Å². The molecule has 1 spiro atoms. The molecule has 1 unspecified atom stereocenters. The van der Waals surface area contributed by atoms with Gasteiger partial charge in [0, 0.05) is 18.9 Å². The van der Waals surface area contributed by atoms with Gasteiger partial charge in [-0.25, -0.2) is 4.98 Å². The first-order valence-corrected chi connectivity index (χ1v) is 11.0. The number of hydrogen-bond acceptors (Lipinski definition) is 5. The highest BCUT2D eigenvalue weighted by Crippen LogP contribution is 2.38. The van der Waals surface area contributed by atoms with E-state index < -0.39 is 0 Å². The fourth-order valence-corrected chi connectivity index (χ4v) is 5.75. The highest BCUT2D eigenvalue weighted by Gasteiger charge is 2.52. The van der Waals surface area contributed by atoms with Crippen molar-refractivity contribution < 1.29 is 9.53 Å². The number of aryl methyl sites for hydroxylation is 1. The third-order valence-corrected chi connectivity index (χ3v) is 7.39. The van der Waals surface area contributed by atoms with Crippen LogP contribution in [0.5, 0.6) is 0 Å². The molecule has 3 aliphatic rings. The van der Waals surface area contributed by atoms with Gasteiger partial charge in [0.05, 0.1) is 34.9 Å². The summed E-state index contributed by atoms with van der Waals surface area (Å²) in [5.74, 6) is 0.241. The molecule has 1 aromatic heterocycles. The standard InChI is InChI=1S/C21H27N3O2S/c25-20(9-8-19-22-17-6-2-3-7-18(17)27-19)24-14-21(15-24)12-16(13-26-21)23-10-4-1-5-11-23/h2-3,6-7,16H,1,4-5,8-15H2. The molecule has 4 heterocycles. The SMILES string of the molecule is O=C(CCc1nc2ccccc2s1)N1CC2(CC(N3CCCCC3)CO2)C1. The Morgan fingerprint density at radius 1 is 1.22 bits per heavy atom. The molecular formula is C21H27N3O2S. The van der Waals surface area contributed by atoms with E-state index in [0.717, 1.165) is 43.1 Å². The summed E-state index contributed by atoms with van der Waals surface area (Å²) in [6.07, 6.45) is 6.38. The summed E-state index contributed by atoms with van der Waals surface area (Å²) < 4.78 is 7.38. The molecule has 2 aromatic rings. The number of piperidine rings is 1. The number of carbonyl (C=O) groups excluding carboxylic acids is 1. The Kier molecular flexibility index (Phi) is 4.66. The number of rotatable bonds is 4. The Bertz CT molecular complexity index is 791. The van der Waals surface area contributed by atoms with Crippen molar-refractivity contribution in [2.75, 3.05) is 32.8 Å². The van der Waals surface area contributed by atoms with Crippen LogP contribution >= 0.6 is 11.3 Å². The minimum atomic E-state index is -0.0619. The number of fused-ring (bicyclic) bond motifs is 1.